The van der Waals surface area contributed by atoms with Crippen LogP contribution in [0, 0.1) is 12.3 Å². The lowest BCUT2D eigenvalue weighted by Crippen LogP contribution is -2.56. The van der Waals surface area contributed by atoms with Gasteiger partial charge in [0.2, 0.25) is 5.91 Å². The van der Waals surface area contributed by atoms with E-state index in [4.69, 9.17) is 9.72 Å². The maximum Gasteiger partial charge on any atom is 0.228 e. The van der Waals surface area contributed by atoms with E-state index < -0.39 is 0 Å². The summed E-state index contributed by atoms with van der Waals surface area (Å²) in [7, 11) is 3.64. The Bertz CT molecular complexity index is 797. The molecule has 1 unspecified atom stereocenters. The minimum absolute atomic E-state index is 0.138. The Morgan fingerprint density at radius 2 is 2.08 bits per heavy atom. The summed E-state index contributed by atoms with van der Waals surface area (Å²) in [5, 5.41) is 3.18. The third-order valence-electron chi connectivity index (χ3n) is 5.67. The zero-order chi connectivity index (χ0) is 17.6. The molecule has 2 fully saturated rings. The van der Waals surface area contributed by atoms with Crippen molar-refractivity contribution in [3.8, 4) is 0 Å². The highest BCUT2D eigenvalue weighted by Gasteiger charge is 2.48. The number of piperidine rings is 2. The second kappa shape index (κ2) is 6.21. The molecule has 2 aromatic heterocycles. The average molecular weight is 360 g/mol. The number of methoxy groups -OCH3 is 1. The van der Waals surface area contributed by atoms with E-state index in [1.807, 2.05) is 18.9 Å². The second-order valence-corrected chi connectivity index (χ2v) is 8.14. The zero-order valence-corrected chi connectivity index (χ0v) is 15.8. The molecule has 0 aliphatic carbocycles. The Morgan fingerprint density at radius 1 is 1.32 bits per heavy atom. The molecule has 0 aromatic carbocycles. The number of thiophene rings is 1. The van der Waals surface area contributed by atoms with Crippen LogP contribution in [0.15, 0.2) is 11.4 Å². The molecule has 0 saturated carbocycles. The van der Waals surface area contributed by atoms with E-state index in [0.29, 0.717) is 6.54 Å². The molecule has 4 heterocycles. The minimum Gasteiger partial charge on any atom is -0.380 e. The molecule has 0 radical (unpaired) electrons. The zero-order valence-electron chi connectivity index (χ0n) is 15.0. The fraction of sp³-hybridized carbons (Fsp3) is 0.611. The predicted molar refractivity (Wildman–Crippen MR) is 99.1 cm³/mol. The summed E-state index contributed by atoms with van der Waals surface area (Å²) < 4.78 is 5.59. The number of carbonyl (C=O) groups is 1. The Balaban J connectivity index is 1.58. The van der Waals surface area contributed by atoms with E-state index in [1.54, 1.807) is 18.4 Å². The van der Waals surface area contributed by atoms with Crippen molar-refractivity contribution in [2.45, 2.75) is 32.3 Å². The van der Waals surface area contributed by atoms with Gasteiger partial charge in [-0.15, -0.1) is 11.3 Å². The number of ether oxygens (including phenoxy) is 1. The van der Waals surface area contributed by atoms with Crippen molar-refractivity contribution in [2.75, 3.05) is 38.7 Å². The van der Waals surface area contributed by atoms with E-state index in [1.165, 1.54) is 0 Å². The van der Waals surface area contributed by atoms with Crippen molar-refractivity contribution >= 4 is 33.3 Å². The predicted octanol–water partition coefficient (Wildman–Crippen LogP) is 2.46. The van der Waals surface area contributed by atoms with Crippen molar-refractivity contribution in [3.05, 3.63) is 17.3 Å². The molecule has 134 valence electrons. The fourth-order valence-electron chi connectivity index (χ4n) is 4.29. The van der Waals surface area contributed by atoms with Crippen LogP contribution >= 0.6 is 11.3 Å². The number of anilines is 1. The number of aryl methyl sites for hydroxylation is 1. The highest BCUT2D eigenvalue weighted by atomic mass is 32.1. The van der Waals surface area contributed by atoms with Gasteiger partial charge >= 0.3 is 0 Å². The summed E-state index contributed by atoms with van der Waals surface area (Å²) in [5.41, 5.74) is -0.278. The number of aromatic nitrogens is 2. The van der Waals surface area contributed by atoms with Crippen LogP contribution in [0.4, 0.5) is 5.82 Å². The molecule has 1 spiro atoms. The van der Waals surface area contributed by atoms with Gasteiger partial charge in [0.05, 0.1) is 16.9 Å². The standard InChI is InChI=1S/C18H24N4O2S/c1-12-19-15(14-4-9-25-16(14)20-12)22-7-5-18(6-8-22)10-13(24-3)11-21(2)17(18)23/h4,9,13H,5-8,10-11H2,1-3H3. The lowest BCUT2D eigenvalue weighted by molar-refractivity contribution is -0.153. The van der Waals surface area contributed by atoms with E-state index in [-0.39, 0.29) is 17.4 Å². The summed E-state index contributed by atoms with van der Waals surface area (Å²) in [5.74, 6) is 2.09. The molecule has 2 aliphatic heterocycles. The van der Waals surface area contributed by atoms with Gasteiger partial charge in [-0.3, -0.25) is 4.79 Å². The number of likely N-dealkylation sites (tertiary alicyclic amines) is 1. The summed E-state index contributed by atoms with van der Waals surface area (Å²) in [6.45, 7) is 4.33. The monoisotopic (exact) mass is 360 g/mol. The number of carbonyl (C=O) groups excluding carboxylic acids is 1. The molecule has 0 bridgehead atoms. The number of likely N-dealkylation sites (N-methyl/N-ethyl adjacent to an activating group) is 1. The SMILES string of the molecule is COC1CN(C)C(=O)C2(CCN(c3nc(C)nc4sccc34)CC2)C1. The molecule has 2 aliphatic rings. The Kier molecular flexibility index (Phi) is 4.16. The van der Waals surface area contributed by atoms with Gasteiger partial charge in [-0.1, -0.05) is 0 Å². The third kappa shape index (κ3) is 2.79. The van der Waals surface area contributed by atoms with Gasteiger partial charge in [0.25, 0.3) is 0 Å². The van der Waals surface area contributed by atoms with Crippen molar-refractivity contribution < 1.29 is 9.53 Å². The van der Waals surface area contributed by atoms with Crippen LogP contribution in [0.25, 0.3) is 10.2 Å². The van der Waals surface area contributed by atoms with E-state index >= 15 is 0 Å². The van der Waals surface area contributed by atoms with Gasteiger partial charge in [0, 0.05) is 33.8 Å². The molecular formula is C18H24N4O2S. The summed E-state index contributed by atoms with van der Waals surface area (Å²) in [4.78, 5) is 27.3. The van der Waals surface area contributed by atoms with Gasteiger partial charge < -0.3 is 14.5 Å². The normalized spacial score (nSPS) is 23.6. The molecule has 6 nitrogen and oxygen atoms in total. The van der Waals surface area contributed by atoms with Gasteiger partial charge in [0.15, 0.2) is 0 Å². The molecule has 25 heavy (non-hydrogen) atoms. The third-order valence-corrected chi connectivity index (χ3v) is 6.47. The van der Waals surface area contributed by atoms with Crippen molar-refractivity contribution in [1.82, 2.24) is 14.9 Å². The Hall–Kier alpha value is -1.73. The van der Waals surface area contributed by atoms with Crippen molar-refractivity contribution in [2.24, 2.45) is 5.41 Å². The highest BCUT2D eigenvalue weighted by Crippen LogP contribution is 2.42. The molecule has 2 saturated heterocycles. The maximum absolute atomic E-state index is 12.9. The van der Waals surface area contributed by atoms with Gasteiger partial charge in [-0.2, -0.15) is 0 Å². The van der Waals surface area contributed by atoms with E-state index in [0.717, 1.165) is 54.2 Å². The first-order valence-corrected chi connectivity index (χ1v) is 9.65. The first kappa shape index (κ1) is 16.7. The molecule has 7 heteroatoms. The van der Waals surface area contributed by atoms with E-state index in [9.17, 15) is 4.79 Å². The summed E-state index contributed by atoms with van der Waals surface area (Å²) >= 11 is 1.65. The number of nitrogens with zero attached hydrogens (tertiary/aromatic N) is 4. The van der Waals surface area contributed by atoms with Gasteiger partial charge in [-0.05, 0) is 37.6 Å². The van der Waals surface area contributed by atoms with Crippen LogP contribution in [0.2, 0.25) is 0 Å². The molecule has 1 atom stereocenters. The second-order valence-electron chi connectivity index (χ2n) is 7.25. The number of hydrogen-bond donors (Lipinski definition) is 0. The lowest BCUT2D eigenvalue weighted by atomic mass is 9.71. The number of hydrogen-bond acceptors (Lipinski definition) is 6. The lowest BCUT2D eigenvalue weighted by Gasteiger charge is -2.47. The fourth-order valence-corrected chi connectivity index (χ4v) is 5.09. The summed E-state index contributed by atoms with van der Waals surface area (Å²) in [6.07, 6.45) is 2.67. The molecular weight excluding hydrogens is 336 g/mol. The van der Waals surface area contributed by atoms with Gasteiger partial charge in [0.1, 0.15) is 16.5 Å². The van der Waals surface area contributed by atoms with E-state index in [2.05, 4.69) is 21.3 Å². The quantitative estimate of drug-likeness (QED) is 0.823. The van der Waals surface area contributed by atoms with Crippen LogP contribution < -0.4 is 4.90 Å². The number of amides is 1. The Labute approximate surface area is 151 Å². The first-order chi connectivity index (χ1) is 12.0. The van der Waals surface area contributed by atoms with Gasteiger partial charge in [-0.25, -0.2) is 9.97 Å². The largest absolute Gasteiger partial charge is 0.380 e. The average Bonchev–Trinajstić information content (AvgIpc) is 3.07. The van der Waals surface area contributed by atoms with Crippen molar-refractivity contribution in [3.63, 3.8) is 0 Å². The molecule has 0 N–H and O–H groups in total. The number of rotatable bonds is 2. The van der Waals surface area contributed by atoms with Crippen molar-refractivity contribution in [1.29, 1.82) is 0 Å². The first-order valence-electron chi connectivity index (χ1n) is 8.77. The van der Waals surface area contributed by atoms with Crippen LogP contribution in [-0.4, -0.2) is 60.7 Å². The molecule has 2 aromatic rings. The smallest absolute Gasteiger partial charge is 0.228 e. The maximum atomic E-state index is 12.9. The molecule has 4 rings (SSSR count). The van der Waals surface area contributed by atoms with Crippen LogP contribution in [0.1, 0.15) is 25.1 Å². The minimum atomic E-state index is -0.278. The topological polar surface area (TPSA) is 58.6 Å². The molecule has 1 amide bonds. The van der Waals surface area contributed by atoms with Crippen LogP contribution in [0.3, 0.4) is 0 Å². The van der Waals surface area contributed by atoms with Crippen LogP contribution in [-0.2, 0) is 9.53 Å². The highest BCUT2D eigenvalue weighted by molar-refractivity contribution is 7.16. The summed E-state index contributed by atoms with van der Waals surface area (Å²) in [6, 6.07) is 2.10. The van der Waals surface area contributed by atoms with Crippen LogP contribution in [0.5, 0.6) is 0 Å². The Morgan fingerprint density at radius 3 is 2.80 bits per heavy atom. The number of fused-ring (bicyclic) bond motifs is 1.